The van der Waals surface area contributed by atoms with Crippen LogP contribution >= 0.6 is 22.2 Å². The molecular weight excluding hydrogens is 469 g/mol. The molecule has 0 aliphatic carbocycles. The summed E-state index contributed by atoms with van der Waals surface area (Å²) in [6.07, 6.45) is 3.52. The number of fused-ring (bicyclic) bond motifs is 1. The highest BCUT2D eigenvalue weighted by Gasteiger charge is 2.56. The molecule has 1 aromatic carbocycles. The fourth-order valence-corrected chi connectivity index (χ4v) is 7.03. The van der Waals surface area contributed by atoms with E-state index in [9.17, 15) is 9.11 Å². The standard InChI is InChI=1S/C22H23ClFN5O3S/c1-21(12-33(30,31)22(20(25)29-21)5-7-32-11-22)16-9-15(2-3-17(16)24)28-19-18-13(4-6-26-19)8-14(23)10-27-18/h2-4,6,8-10,30-31H,5,7,11-12H2,1H3,(H2,25,29)(H,26,28)/t21-,22-/m0/s1. The number of nitrogens with two attached hydrogens (primary N) is 1. The Morgan fingerprint density at radius 1 is 1.24 bits per heavy atom. The van der Waals surface area contributed by atoms with Gasteiger partial charge in [0.2, 0.25) is 0 Å². The van der Waals surface area contributed by atoms with E-state index in [1.807, 2.05) is 0 Å². The van der Waals surface area contributed by atoms with E-state index in [-0.39, 0.29) is 23.8 Å². The quantitative estimate of drug-likeness (QED) is 0.419. The number of pyridine rings is 2. The Labute approximate surface area is 196 Å². The Morgan fingerprint density at radius 2 is 2.06 bits per heavy atom. The van der Waals surface area contributed by atoms with Gasteiger partial charge in [0.05, 0.1) is 17.4 Å². The summed E-state index contributed by atoms with van der Waals surface area (Å²) >= 11 is 6.04. The molecule has 5 rings (SSSR count). The number of aliphatic imine (C=N–C) groups is 1. The third-order valence-corrected chi connectivity index (χ3v) is 9.26. The molecule has 1 fully saturated rings. The van der Waals surface area contributed by atoms with Gasteiger partial charge in [-0.3, -0.25) is 19.1 Å². The number of hydrogen-bond acceptors (Lipinski definition) is 8. The highest BCUT2D eigenvalue weighted by atomic mass is 35.5. The molecule has 0 bridgehead atoms. The van der Waals surface area contributed by atoms with E-state index in [4.69, 9.17) is 22.1 Å². The van der Waals surface area contributed by atoms with E-state index < -0.39 is 26.7 Å². The first-order valence-electron chi connectivity index (χ1n) is 10.3. The highest BCUT2D eigenvalue weighted by molar-refractivity contribution is 8.26. The monoisotopic (exact) mass is 491 g/mol. The van der Waals surface area contributed by atoms with E-state index in [0.29, 0.717) is 35.1 Å². The Hall–Kier alpha value is -2.50. The summed E-state index contributed by atoms with van der Waals surface area (Å²) in [5, 5.41) is 4.48. The van der Waals surface area contributed by atoms with E-state index in [1.54, 1.807) is 37.4 Å². The van der Waals surface area contributed by atoms with Crippen molar-refractivity contribution in [3.8, 4) is 0 Å². The number of halogens is 2. The normalized spacial score (nSPS) is 27.5. The molecule has 0 unspecified atom stereocenters. The van der Waals surface area contributed by atoms with Gasteiger partial charge in [-0.25, -0.2) is 9.37 Å². The number of nitrogens with zero attached hydrogens (tertiary/aromatic N) is 3. The van der Waals surface area contributed by atoms with Crippen molar-refractivity contribution in [1.82, 2.24) is 9.97 Å². The average Bonchev–Trinajstić information content (AvgIpc) is 3.26. The second-order valence-electron chi connectivity index (χ2n) is 8.58. The fraction of sp³-hybridized carbons (Fsp3) is 0.318. The zero-order chi connectivity index (χ0) is 23.4. The predicted octanol–water partition coefficient (Wildman–Crippen LogP) is 4.66. The maximum absolute atomic E-state index is 15.0. The molecule has 0 radical (unpaired) electrons. The molecule has 174 valence electrons. The molecule has 0 saturated carbocycles. The third-order valence-electron chi connectivity index (χ3n) is 6.30. The number of nitrogens with one attached hydrogen (secondary N) is 1. The van der Waals surface area contributed by atoms with Crippen LogP contribution in [0, 0.1) is 5.82 Å². The number of aromatic nitrogens is 2. The van der Waals surface area contributed by atoms with Gasteiger partial charge in [-0.05, 0) is 37.3 Å². The zero-order valence-corrected chi connectivity index (χ0v) is 19.3. The van der Waals surface area contributed by atoms with Crippen LogP contribution in [0.3, 0.4) is 0 Å². The van der Waals surface area contributed by atoms with Crippen LogP contribution in [0.15, 0.2) is 47.7 Å². The van der Waals surface area contributed by atoms with Crippen LogP contribution in [0.4, 0.5) is 15.9 Å². The Morgan fingerprint density at radius 3 is 2.79 bits per heavy atom. The van der Waals surface area contributed by atoms with Crippen LogP contribution in [0.25, 0.3) is 10.9 Å². The van der Waals surface area contributed by atoms with E-state index in [2.05, 4.69) is 20.3 Å². The molecule has 5 N–H and O–H groups in total. The van der Waals surface area contributed by atoms with Gasteiger partial charge in [0.1, 0.15) is 27.5 Å². The van der Waals surface area contributed by atoms with Gasteiger partial charge < -0.3 is 15.8 Å². The van der Waals surface area contributed by atoms with Crippen molar-refractivity contribution in [3.05, 3.63) is 59.1 Å². The molecule has 1 saturated heterocycles. The molecule has 8 nitrogen and oxygen atoms in total. The van der Waals surface area contributed by atoms with Gasteiger partial charge in [-0.2, -0.15) is 10.6 Å². The number of ether oxygens (including phenoxy) is 1. The first kappa shape index (κ1) is 22.3. The SMILES string of the molecule is C[C@@]1(c2cc(Nc3nccc4cc(Cl)cnc34)ccc2F)CS(O)(O)[C@]2(CCOC2)C(N)=N1. The maximum Gasteiger partial charge on any atom is 0.156 e. The van der Waals surface area contributed by atoms with Crippen molar-refractivity contribution in [2.75, 3.05) is 24.3 Å². The molecule has 3 aromatic rings. The minimum absolute atomic E-state index is 0.0864. The smallest absolute Gasteiger partial charge is 0.156 e. The minimum atomic E-state index is -3.25. The van der Waals surface area contributed by atoms with Gasteiger partial charge in [-0.1, -0.05) is 11.6 Å². The lowest BCUT2D eigenvalue weighted by Gasteiger charge is -2.54. The van der Waals surface area contributed by atoms with Crippen molar-refractivity contribution in [3.63, 3.8) is 0 Å². The van der Waals surface area contributed by atoms with Crippen LogP contribution < -0.4 is 11.1 Å². The third kappa shape index (κ3) is 3.62. The molecule has 33 heavy (non-hydrogen) atoms. The Kier molecular flexibility index (Phi) is 5.26. The first-order chi connectivity index (χ1) is 15.6. The van der Waals surface area contributed by atoms with Crippen LogP contribution in [-0.4, -0.2) is 48.6 Å². The van der Waals surface area contributed by atoms with Crippen LogP contribution in [0.2, 0.25) is 5.02 Å². The van der Waals surface area contributed by atoms with Gasteiger partial charge in [-0.15, -0.1) is 0 Å². The topological polar surface area (TPSA) is 126 Å². The molecule has 11 heteroatoms. The van der Waals surface area contributed by atoms with Crippen molar-refractivity contribution >= 4 is 50.4 Å². The van der Waals surface area contributed by atoms with Gasteiger partial charge >= 0.3 is 0 Å². The molecule has 2 aliphatic heterocycles. The summed E-state index contributed by atoms with van der Waals surface area (Å²) in [6, 6.07) is 8.03. The molecule has 2 aromatic heterocycles. The lowest BCUT2D eigenvalue weighted by molar-refractivity contribution is 0.193. The molecule has 2 aliphatic rings. The lowest BCUT2D eigenvalue weighted by atomic mass is 9.92. The average molecular weight is 492 g/mol. The Balaban J connectivity index is 1.54. The minimum Gasteiger partial charge on any atom is -0.386 e. The van der Waals surface area contributed by atoms with Gasteiger partial charge in [0, 0.05) is 42.1 Å². The van der Waals surface area contributed by atoms with Gasteiger partial charge in [0.25, 0.3) is 0 Å². The number of rotatable bonds is 3. The zero-order valence-electron chi connectivity index (χ0n) is 17.8. The number of amidine groups is 1. The van der Waals surface area contributed by atoms with Crippen molar-refractivity contribution in [2.24, 2.45) is 10.7 Å². The van der Waals surface area contributed by atoms with E-state index in [1.165, 1.54) is 12.3 Å². The summed E-state index contributed by atoms with van der Waals surface area (Å²) in [5.41, 5.74) is 6.33. The number of hydrogen-bond donors (Lipinski definition) is 4. The number of anilines is 2. The van der Waals surface area contributed by atoms with Crippen LogP contribution in [0.1, 0.15) is 18.9 Å². The summed E-state index contributed by atoms with van der Waals surface area (Å²) < 4.78 is 41.4. The summed E-state index contributed by atoms with van der Waals surface area (Å²) in [4.78, 5) is 13.3. The highest BCUT2D eigenvalue weighted by Crippen LogP contribution is 2.62. The molecular formula is C22H23ClFN5O3S. The fourth-order valence-electron chi connectivity index (χ4n) is 4.52. The van der Waals surface area contributed by atoms with E-state index in [0.717, 1.165) is 5.39 Å². The first-order valence-corrected chi connectivity index (χ1v) is 12.4. The maximum atomic E-state index is 15.0. The molecule has 0 amide bonds. The predicted molar refractivity (Wildman–Crippen MR) is 129 cm³/mol. The van der Waals surface area contributed by atoms with Crippen LogP contribution in [-0.2, 0) is 10.3 Å². The summed E-state index contributed by atoms with van der Waals surface area (Å²) in [5.74, 6) is -0.116. The Bertz CT molecular complexity index is 1280. The molecule has 2 atom stereocenters. The summed E-state index contributed by atoms with van der Waals surface area (Å²) in [6.45, 7) is 2.11. The second kappa shape index (κ2) is 7.78. The van der Waals surface area contributed by atoms with Crippen LogP contribution in [0.5, 0.6) is 0 Å². The molecule has 4 heterocycles. The molecule has 1 spiro atoms. The van der Waals surface area contributed by atoms with Crippen molar-refractivity contribution < 1.29 is 18.2 Å². The van der Waals surface area contributed by atoms with E-state index >= 15 is 4.39 Å². The van der Waals surface area contributed by atoms with Gasteiger partial charge in [0.15, 0.2) is 5.82 Å². The van der Waals surface area contributed by atoms with Crippen molar-refractivity contribution in [2.45, 2.75) is 23.6 Å². The largest absolute Gasteiger partial charge is 0.386 e. The second-order valence-corrected chi connectivity index (χ2v) is 11.4. The lowest BCUT2D eigenvalue weighted by Crippen LogP contribution is -2.56. The van der Waals surface area contributed by atoms with Crippen molar-refractivity contribution in [1.29, 1.82) is 0 Å². The summed E-state index contributed by atoms with van der Waals surface area (Å²) in [7, 11) is -3.25. The number of benzene rings is 1.